The van der Waals surface area contributed by atoms with E-state index < -0.39 is 21.9 Å². The van der Waals surface area contributed by atoms with Crippen LogP contribution >= 0.6 is 11.3 Å². The highest BCUT2D eigenvalue weighted by molar-refractivity contribution is 7.89. The summed E-state index contributed by atoms with van der Waals surface area (Å²) in [5.41, 5.74) is 0.555. The molecule has 0 unspecified atom stereocenters. The lowest BCUT2D eigenvalue weighted by Gasteiger charge is -2.18. The van der Waals surface area contributed by atoms with Gasteiger partial charge in [0.25, 0.3) is 5.91 Å². The van der Waals surface area contributed by atoms with Gasteiger partial charge in [0.1, 0.15) is 5.00 Å². The molecule has 0 bridgehead atoms. The van der Waals surface area contributed by atoms with Crippen molar-refractivity contribution >= 4 is 38.2 Å². The van der Waals surface area contributed by atoms with Crippen LogP contribution in [0.5, 0.6) is 0 Å². The van der Waals surface area contributed by atoms with Gasteiger partial charge in [0, 0.05) is 18.7 Å². The fourth-order valence-electron chi connectivity index (χ4n) is 2.34. The van der Waals surface area contributed by atoms with Crippen LogP contribution in [0.25, 0.3) is 0 Å². The first kappa shape index (κ1) is 20.1. The number of nitrogens with one attached hydrogen (secondary N) is 1. The van der Waals surface area contributed by atoms with Crippen LogP contribution in [0.2, 0.25) is 0 Å². The molecule has 1 aromatic heterocycles. The number of rotatable bonds is 7. The second kappa shape index (κ2) is 8.43. The fourth-order valence-corrected chi connectivity index (χ4v) is 4.57. The summed E-state index contributed by atoms with van der Waals surface area (Å²) in [7, 11) is -2.31. The minimum Gasteiger partial charge on any atom is -0.465 e. The van der Waals surface area contributed by atoms with Crippen molar-refractivity contribution in [1.29, 1.82) is 0 Å². The number of esters is 1. The molecule has 0 saturated heterocycles. The molecule has 1 aromatic carbocycles. The molecule has 2 aromatic rings. The van der Waals surface area contributed by atoms with Gasteiger partial charge in [-0.05, 0) is 35.7 Å². The Morgan fingerprint density at radius 2 is 1.73 bits per heavy atom. The normalized spacial score (nSPS) is 11.4. The molecule has 0 aliphatic rings. The second-order valence-electron chi connectivity index (χ2n) is 5.22. The zero-order valence-corrected chi connectivity index (χ0v) is 16.3. The number of methoxy groups -OCH3 is 1. The van der Waals surface area contributed by atoms with E-state index in [1.54, 1.807) is 25.3 Å². The van der Waals surface area contributed by atoms with Crippen molar-refractivity contribution in [3.05, 3.63) is 46.8 Å². The Balaban J connectivity index is 2.20. The number of hydrogen-bond donors (Lipinski definition) is 1. The summed E-state index contributed by atoms with van der Waals surface area (Å²) < 4.78 is 30.9. The minimum absolute atomic E-state index is 0.129. The fraction of sp³-hybridized carbons (Fsp3) is 0.294. The third-order valence-electron chi connectivity index (χ3n) is 3.76. The van der Waals surface area contributed by atoms with Crippen LogP contribution in [-0.4, -0.2) is 44.8 Å². The maximum Gasteiger partial charge on any atom is 0.340 e. The van der Waals surface area contributed by atoms with Crippen LogP contribution in [-0.2, 0) is 14.8 Å². The van der Waals surface area contributed by atoms with Crippen molar-refractivity contribution in [3.8, 4) is 0 Å². The van der Waals surface area contributed by atoms with Gasteiger partial charge in [-0.2, -0.15) is 4.31 Å². The predicted molar refractivity (Wildman–Crippen MR) is 100 cm³/mol. The molecule has 0 spiro atoms. The Morgan fingerprint density at radius 1 is 1.12 bits per heavy atom. The minimum atomic E-state index is -3.57. The van der Waals surface area contributed by atoms with Crippen LogP contribution in [0.3, 0.4) is 0 Å². The molecule has 26 heavy (non-hydrogen) atoms. The topological polar surface area (TPSA) is 92.8 Å². The first-order valence-electron chi connectivity index (χ1n) is 7.92. The van der Waals surface area contributed by atoms with E-state index in [0.717, 1.165) is 0 Å². The monoisotopic (exact) mass is 396 g/mol. The van der Waals surface area contributed by atoms with Crippen LogP contribution in [0.1, 0.15) is 34.6 Å². The van der Waals surface area contributed by atoms with Crippen molar-refractivity contribution in [2.24, 2.45) is 0 Å². The summed E-state index contributed by atoms with van der Waals surface area (Å²) in [6, 6.07) is 7.25. The molecule has 0 atom stereocenters. The Bertz CT molecular complexity index is 884. The van der Waals surface area contributed by atoms with E-state index in [4.69, 9.17) is 0 Å². The number of ether oxygens (including phenoxy) is 1. The van der Waals surface area contributed by atoms with Crippen molar-refractivity contribution < 1.29 is 22.7 Å². The van der Waals surface area contributed by atoms with Crippen LogP contribution in [0.4, 0.5) is 5.00 Å². The highest BCUT2D eigenvalue weighted by atomic mass is 32.2. The Kier molecular flexibility index (Phi) is 6.52. The smallest absolute Gasteiger partial charge is 0.340 e. The number of carbonyl (C=O) groups is 2. The van der Waals surface area contributed by atoms with Crippen molar-refractivity contribution in [2.75, 3.05) is 25.5 Å². The molecule has 0 aliphatic heterocycles. The molecular formula is C17H20N2O5S2. The van der Waals surface area contributed by atoms with E-state index in [1.807, 2.05) is 0 Å². The zero-order valence-electron chi connectivity index (χ0n) is 14.7. The number of thiophene rings is 1. The first-order chi connectivity index (χ1) is 12.3. The first-order valence-corrected chi connectivity index (χ1v) is 10.2. The van der Waals surface area contributed by atoms with Gasteiger partial charge in [-0.1, -0.05) is 13.8 Å². The summed E-state index contributed by atoms with van der Waals surface area (Å²) in [5.74, 6) is -0.980. The molecule has 9 heteroatoms. The number of anilines is 1. The van der Waals surface area contributed by atoms with Gasteiger partial charge in [-0.15, -0.1) is 11.3 Å². The summed E-state index contributed by atoms with van der Waals surface area (Å²) in [6.45, 7) is 4.27. The molecule has 1 N–H and O–H groups in total. The molecule has 0 saturated carbocycles. The van der Waals surface area contributed by atoms with E-state index in [-0.39, 0.29) is 16.0 Å². The Hall–Kier alpha value is -2.23. The SMILES string of the molecule is CCN(CC)S(=O)(=O)c1ccc(C(=O)Nc2sccc2C(=O)OC)cc1. The van der Waals surface area contributed by atoms with Crippen LogP contribution in [0, 0.1) is 0 Å². The van der Waals surface area contributed by atoms with Gasteiger partial charge in [-0.3, -0.25) is 4.79 Å². The lowest BCUT2D eigenvalue weighted by atomic mass is 10.2. The van der Waals surface area contributed by atoms with E-state index >= 15 is 0 Å². The van der Waals surface area contributed by atoms with Gasteiger partial charge in [0.05, 0.1) is 17.6 Å². The van der Waals surface area contributed by atoms with Crippen molar-refractivity contribution in [1.82, 2.24) is 4.31 Å². The maximum absolute atomic E-state index is 12.5. The molecule has 1 amide bonds. The van der Waals surface area contributed by atoms with E-state index in [9.17, 15) is 18.0 Å². The highest BCUT2D eigenvalue weighted by Gasteiger charge is 2.22. The van der Waals surface area contributed by atoms with E-state index in [2.05, 4.69) is 10.1 Å². The molecule has 7 nitrogen and oxygen atoms in total. The second-order valence-corrected chi connectivity index (χ2v) is 8.08. The van der Waals surface area contributed by atoms with Gasteiger partial charge in [0.15, 0.2) is 0 Å². The summed E-state index contributed by atoms with van der Waals surface area (Å²) in [4.78, 5) is 24.1. The molecular weight excluding hydrogens is 376 g/mol. The lowest BCUT2D eigenvalue weighted by Crippen LogP contribution is -2.30. The van der Waals surface area contributed by atoms with Crippen molar-refractivity contribution in [2.45, 2.75) is 18.7 Å². The maximum atomic E-state index is 12.5. The summed E-state index contributed by atoms with van der Waals surface area (Å²) in [6.07, 6.45) is 0. The van der Waals surface area contributed by atoms with Gasteiger partial charge < -0.3 is 10.1 Å². The standard InChI is InChI=1S/C17H20N2O5S2/c1-4-19(5-2)26(22,23)13-8-6-12(7-9-13)15(20)18-16-14(10-11-25-16)17(21)24-3/h6-11H,4-5H2,1-3H3,(H,18,20). The Morgan fingerprint density at radius 3 is 2.27 bits per heavy atom. The number of nitrogens with zero attached hydrogens (tertiary/aromatic N) is 1. The largest absolute Gasteiger partial charge is 0.465 e. The van der Waals surface area contributed by atoms with E-state index in [0.29, 0.717) is 18.1 Å². The molecule has 0 fully saturated rings. The number of amides is 1. The van der Waals surface area contributed by atoms with Crippen LogP contribution in [0.15, 0.2) is 40.6 Å². The lowest BCUT2D eigenvalue weighted by molar-refractivity contribution is 0.0602. The molecule has 0 aliphatic carbocycles. The molecule has 1 heterocycles. The number of benzene rings is 1. The average Bonchev–Trinajstić information content (AvgIpc) is 3.10. The zero-order chi connectivity index (χ0) is 19.3. The quantitative estimate of drug-likeness (QED) is 0.727. The molecule has 2 rings (SSSR count). The summed E-state index contributed by atoms with van der Waals surface area (Å²) >= 11 is 1.20. The third kappa shape index (κ3) is 4.12. The van der Waals surface area contributed by atoms with Gasteiger partial charge >= 0.3 is 5.97 Å². The predicted octanol–water partition coefficient (Wildman–Crippen LogP) is 2.82. The highest BCUT2D eigenvalue weighted by Crippen LogP contribution is 2.25. The van der Waals surface area contributed by atoms with E-state index in [1.165, 1.54) is 47.0 Å². The summed E-state index contributed by atoms with van der Waals surface area (Å²) in [5, 5.41) is 4.69. The number of sulfonamides is 1. The number of hydrogen-bond acceptors (Lipinski definition) is 6. The third-order valence-corrected chi connectivity index (χ3v) is 6.65. The Labute approximate surface area is 156 Å². The number of carbonyl (C=O) groups excluding carboxylic acids is 2. The van der Waals surface area contributed by atoms with Crippen LogP contribution < -0.4 is 5.32 Å². The molecule has 0 radical (unpaired) electrons. The molecule has 140 valence electrons. The van der Waals surface area contributed by atoms with Gasteiger partial charge in [0.2, 0.25) is 10.0 Å². The van der Waals surface area contributed by atoms with Gasteiger partial charge in [-0.25, -0.2) is 13.2 Å². The van der Waals surface area contributed by atoms with Crippen molar-refractivity contribution in [3.63, 3.8) is 0 Å². The average molecular weight is 396 g/mol.